The Balaban J connectivity index is 3.30. The normalized spacial score (nSPS) is 13.1. The summed E-state index contributed by atoms with van der Waals surface area (Å²) in [6, 6.07) is 0.794. The Labute approximate surface area is 114 Å². The minimum Gasteiger partial charge on any atom is -0.350 e. The Morgan fingerprint density at radius 1 is 1.42 bits per heavy atom. The highest BCUT2D eigenvalue weighted by molar-refractivity contribution is 8.13. The molecule has 0 aromatic heterocycles. The van der Waals surface area contributed by atoms with Gasteiger partial charge in [0.1, 0.15) is 10.7 Å². The topological polar surface area (TPSA) is 63.2 Å². The molecule has 1 aromatic carbocycles. The molecule has 0 aliphatic heterocycles. The molecular weight excluding hydrogens is 300 g/mol. The lowest BCUT2D eigenvalue weighted by Crippen LogP contribution is -2.32. The van der Waals surface area contributed by atoms with Gasteiger partial charge >= 0.3 is 0 Å². The predicted octanol–water partition coefficient (Wildman–Crippen LogP) is 2.42. The first-order valence-electron chi connectivity index (χ1n) is 5.41. The van der Waals surface area contributed by atoms with E-state index in [4.69, 9.17) is 10.7 Å². The molecule has 1 rings (SSSR count). The molecule has 1 unspecified atom stereocenters. The Bertz CT molecular complexity index is 604. The summed E-state index contributed by atoms with van der Waals surface area (Å²) in [7, 11) is 0.511. The molecule has 4 nitrogen and oxygen atoms in total. The Hall–Kier alpha value is -1.21. The van der Waals surface area contributed by atoms with E-state index in [-0.39, 0.29) is 6.04 Å². The van der Waals surface area contributed by atoms with Gasteiger partial charge in [0.15, 0.2) is 5.82 Å². The molecular formula is C11H12ClF2NO3S. The minimum absolute atomic E-state index is 0.258. The van der Waals surface area contributed by atoms with Crippen LogP contribution in [-0.4, -0.2) is 20.4 Å². The van der Waals surface area contributed by atoms with Gasteiger partial charge in [-0.2, -0.15) is 0 Å². The highest BCUT2D eigenvalue weighted by Crippen LogP contribution is 2.23. The third-order valence-electron chi connectivity index (χ3n) is 2.50. The number of nitrogens with one attached hydrogen (secondary N) is 1. The number of hydrogen-bond donors (Lipinski definition) is 1. The van der Waals surface area contributed by atoms with Crippen LogP contribution in [0.1, 0.15) is 30.6 Å². The zero-order valence-electron chi connectivity index (χ0n) is 10.2. The van der Waals surface area contributed by atoms with Crippen molar-refractivity contribution in [3.63, 3.8) is 0 Å². The van der Waals surface area contributed by atoms with Crippen LogP contribution in [0.25, 0.3) is 0 Å². The summed E-state index contributed by atoms with van der Waals surface area (Å²) in [5.41, 5.74) is -0.695. The molecule has 0 saturated heterocycles. The number of carbonyl (C=O) groups is 1. The molecule has 19 heavy (non-hydrogen) atoms. The van der Waals surface area contributed by atoms with Crippen LogP contribution in [0.2, 0.25) is 0 Å². The first kappa shape index (κ1) is 15.8. The smallest absolute Gasteiger partial charge is 0.264 e. The van der Waals surface area contributed by atoms with E-state index >= 15 is 0 Å². The average molecular weight is 312 g/mol. The molecule has 1 atom stereocenters. The lowest BCUT2D eigenvalue weighted by atomic mass is 10.1. The Morgan fingerprint density at radius 2 is 2.00 bits per heavy atom. The van der Waals surface area contributed by atoms with Gasteiger partial charge in [0.2, 0.25) is 0 Å². The van der Waals surface area contributed by atoms with Gasteiger partial charge in [0.05, 0.1) is 5.56 Å². The van der Waals surface area contributed by atoms with Crippen LogP contribution in [0, 0.1) is 11.6 Å². The summed E-state index contributed by atoms with van der Waals surface area (Å²) in [6.45, 7) is 3.47. The van der Waals surface area contributed by atoms with Crippen LogP contribution in [0.15, 0.2) is 17.0 Å². The van der Waals surface area contributed by atoms with Crippen LogP contribution in [-0.2, 0) is 9.05 Å². The second-order valence-electron chi connectivity index (χ2n) is 3.99. The van der Waals surface area contributed by atoms with Gasteiger partial charge in [-0.3, -0.25) is 4.79 Å². The van der Waals surface area contributed by atoms with Gasteiger partial charge < -0.3 is 5.32 Å². The molecule has 0 heterocycles. The molecule has 8 heteroatoms. The van der Waals surface area contributed by atoms with E-state index in [9.17, 15) is 22.0 Å². The molecule has 0 aliphatic carbocycles. The summed E-state index contributed by atoms with van der Waals surface area (Å²) in [5, 5.41) is 2.41. The molecule has 0 bridgehead atoms. The van der Waals surface area contributed by atoms with Crippen LogP contribution in [0.3, 0.4) is 0 Å². The van der Waals surface area contributed by atoms with E-state index in [2.05, 4.69) is 5.32 Å². The largest absolute Gasteiger partial charge is 0.350 e. The number of benzene rings is 1. The summed E-state index contributed by atoms with van der Waals surface area (Å²) < 4.78 is 49.3. The third-order valence-corrected chi connectivity index (χ3v) is 3.82. The van der Waals surface area contributed by atoms with Crippen molar-refractivity contribution in [1.29, 1.82) is 0 Å². The van der Waals surface area contributed by atoms with E-state index < -0.39 is 37.1 Å². The average Bonchev–Trinajstić information content (AvgIpc) is 2.29. The highest BCUT2D eigenvalue weighted by atomic mass is 35.7. The predicted molar refractivity (Wildman–Crippen MR) is 66.6 cm³/mol. The van der Waals surface area contributed by atoms with E-state index in [0.29, 0.717) is 18.6 Å². The van der Waals surface area contributed by atoms with Crippen molar-refractivity contribution in [2.75, 3.05) is 0 Å². The Morgan fingerprint density at radius 3 is 2.47 bits per heavy atom. The first-order valence-corrected chi connectivity index (χ1v) is 7.72. The number of halogens is 3. The van der Waals surface area contributed by atoms with E-state index in [1.54, 1.807) is 13.8 Å². The lowest BCUT2D eigenvalue weighted by molar-refractivity contribution is 0.0934. The SMILES string of the molecule is CCC(C)NC(=O)c1cc(F)cc(S(=O)(=O)Cl)c1F. The van der Waals surface area contributed by atoms with Crippen molar-refractivity contribution in [3.05, 3.63) is 29.3 Å². The molecule has 1 N–H and O–H groups in total. The van der Waals surface area contributed by atoms with Crippen molar-refractivity contribution < 1.29 is 22.0 Å². The Kier molecular flexibility index (Phi) is 4.86. The monoisotopic (exact) mass is 311 g/mol. The standard InChI is InChI=1S/C11H12ClF2NO3S/c1-3-6(2)15-11(16)8-4-7(13)5-9(10(8)14)19(12,17)18/h4-6H,3H2,1-2H3,(H,15,16). The van der Waals surface area contributed by atoms with Crippen molar-refractivity contribution in [2.24, 2.45) is 0 Å². The number of rotatable bonds is 4. The van der Waals surface area contributed by atoms with Gasteiger partial charge in [0, 0.05) is 16.7 Å². The van der Waals surface area contributed by atoms with Gasteiger partial charge in [-0.25, -0.2) is 17.2 Å². The maximum Gasteiger partial charge on any atom is 0.264 e. The molecule has 0 aliphatic rings. The van der Waals surface area contributed by atoms with Crippen LogP contribution in [0.4, 0.5) is 8.78 Å². The second-order valence-corrected chi connectivity index (χ2v) is 6.52. The highest BCUT2D eigenvalue weighted by Gasteiger charge is 2.24. The quantitative estimate of drug-likeness (QED) is 0.869. The van der Waals surface area contributed by atoms with Crippen LogP contribution < -0.4 is 5.32 Å². The number of hydrogen-bond acceptors (Lipinski definition) is 3. The fraction of sp³-hybridized carbons (Fsp3) is 0.364. The fourth-order valence-corrected chi connectivity index (χ4v) is 2.22. The molecule has 0 saturated carbocycles. The summed E-state index contributed by atoms with van der Waals surface area (Å²) in [6.07, 6.45) is 0.587. The van der Waals surface area contributed by atoms with Gasteiger partial charge in [-0.15, -0.1) is 0 Å². The van der Waals surface area contributed by atoms with Crippen molar-refractivity contribution in [2.45, 2.75) is 31.2 Å². The third kappa shape index (κ3) is 3.87. The van der Waals surface area contributed by atoms with Gasteiger partial charge in [-0.05, 0) is 25.5 Å². The summed E-state index contributed by atoms with van der Waals surface area (Å²) in [5.74, 6) is -3.32. The van der Waals surface area contributed by atoms with E-state index in [1.807, 2.05) is 0 Å². The van der Waals surface area contributed by atoms with E-state index in [1.165, 1.54) is 0 Å². The molecule has 1 aromatic rings. The van der Waals surface area contributed by atoms with Crippen molar-refractivity contribution in [1.82, 2.24) is 5.32 Å². The fourth-order valence-electron chi connectivity index (χ4n) is 1.31. The van der Waals surface area contributed by atoms with Gasteiger partial charge in [0.25, 0.3) is 15.0 Å². The van der Waals surface area contributed by atoms with Crippen molar-refractivity contribution >= 4 is 25.6 Å². The van der Waals surface area contributed by atoms with Crippen molar-refractivity contribution in [3.8, 4) is 0 Å². The summed E-state index contributed by atoms with van der Waals surface area (Å²) in [4.78, 5) is 10.7. The minimum atomic E-state index is -4.47. The number of amides is 1. The molecule has 106 valence electrons. The summed E-state index contributed by atoms with van der Waals surface area (Å²) >= 11 is 0. The first-order chi connectivity index (χ1) is 8.66. The van der Waals surface area contributed by atoms with Crippen LogP contribution in [0.5, 0.6) is 0 Å². The maximum absolute atomic E-state index is 13.9. The zero-order valence-corrected chi connectivity index (χ0v) is 11.8. The maximum atomic E-state index is 13.9. The molecule has 0 fully saturated rings. The second kappa shape index (κ2) is 5.83. The molecule has 0 radical (unpaired) electrons. The lowest BCUT2D eigenvalue weighted by Gasteiger charge is -2.12. The molecule has 0 spiro atoms. The molecule has 1 amide bonds. The number of carbonyl (C=O) groups excluding carboxylic acids is 1. The van der Waals surface area contributed by atoms with Gasteiger partial charge in [-0.1, -0.05) is 6.92 Å². The van der Waals surface area contributed by atoms with E-state index in [0.717, 1.165) is 0 Å². The zero-order chi connectivity index (χ0) is 14.8. The van der Waals surface area contributed by atoms with Crippen LogP contribution >= 0.6 is 10.7 Å².